The molecule has 4 heteroatoms. The lowest BCUT2D eigenvalue weighted by Gasteiger charge is -2.08. The summed E-state index contributed by atoms with van der Waals surface area (Å²) in [4.78, 5) is 7.97. The number of hydrogen-bond acceptors (Lipinski definition) is 2. The second kappa shape index (κ2) is 4.59. The molecule has 1 aromatic heterocycles. The van der Waals surface area contributed by atoms with Crippen molar-refractivity contribution in [3.8, 4) is 11.4 Å². The molecule has 18 heavy (non-hydrogen) atoms. The number of aromatic amines is 1. The molecule has 0 fully saturated rings. The molecule has 0 saturated carbocycles. The van der Waals surface area contributed by atoms with Crippen molar-refractivity contribution < 1.29 is 0 Å². The monoisotopic (exact) mass is 320 g/mol. The topological polar surface area (TPSA) is 28.7 Å². The average Bonchev–Trinajstić information content (AvgIpc) is 2.77. The molecule has 1 aliphatic carbocycles. The first-order chi connectivity index (χ1) is 8.65. The zero-order valence-corrected chi connectivity index (χ0v) is 12.5. The van der Waals surface area contributed by atoms with E-state index in [-0.39, 0.29) is 0 Å². The second-order valence-electron chi connectivity index (χ2n) is 4.68. The average molecular weight is 321 g/mol. The summed E-state index contributed by atoms with van der Waals surface area (Å²) in [5.41, 5.74) is 4.79. The minimum absolute atomic E-state index is 0.753. The molecule has 0 radical (unpaired) electrons. The molecule has 3 rings (SSSR count). The number of aryl methyl sites for hydroxylation is 2. The fraction of sp³-hybridized carbons (Fsp3) is 0.286. The second-order valence-corrected chi connectivity index (χ2v) is 5.93. The molecular formula is C14H13BrN2S. The standard InChI is InChI=1S/C14H13BrN2S/c1-8-5-6-9(11(15)7-8)13-16-12-4-2-3-10(12)14(18)17-13/h5-7H,2-4H2,1H3,(H,16,17,18). The number of nitrogens with one attached hydrogen (secondary N) is 1. The molecule has 0 bridgehead atoms. The Hall–Kier alpha value is -1.00. The van der Waals surface area contributed by atoms with Crippen LogP contribution in [0.15, 0.2) is 22.7 Å². The van der Waals surface area contributed by atoms with Gasteiger partial charge in [0.2, 0.25) is 0 Å². The molecule has 0 amide bonds. The van der Waals surface area contributed by atoms with Crippen LogP contribution in [0.2, 0.25) is 0 Å². The fourth-order valence-electron chi connectivity index (χ4n) is 2.40. The summed E-state index contributed by atoms with van der Waals surface area (Å²) in [6, 6.07) is 6.27. The van der Waals surface area contributed by atoms with E-state index >= 15 is 0 Å². The minimum Gasteiger partial charge on any atom is -0.343 e. The van der Waals surface area contributed by atoms with Gasteiger partial charge in [0.05, 0.1) is 0 Å². The van der Waals surface area contributed by atoms with Crippen LogP contribution in [-0.2, 0) is 12.8 Å². The lowest BCUT2D eigenvalue weighted by atomic mass is 10.1. The normalized spacial score (nSPS) is 13.7. The van der Waals surface area contributed by atoms with E-state index in [1.807, 2.05) is 0 Å². The first-order valence-corrected chi connectivity index (χ1v) is 7.24. The van der Waals surface area contributed by atoms with E-state index in [9.17, 15) is 0 Å². The highest BCUT2D eigenvalue weighted by atomic mass is 79.9. The summed E-state index contributed by atoms with van der Waals surface area (Å²) in [7, 11) is 0. The lowest BCUT2D eigenvalue weighted by Crippen LogP contribution is -1.97. The third-order valence-corrected chi connectivity index (χ3v) is 4.33. The van der Waals surface area contributed by atoms with Gasteiger partial charge in [-0.3, -0.25) is 0 Å². The van der Waals surface area contributed by atoms with Gasteiger partial charge in [-0.1, -0.05) is 34.2 Å². The van der Waals surface area contributed by atoms with E-state index in [0.717, 1.165) is 33.3 Å². The number of hydrogen-bond donors (Lipinski definition) is 1. The molecule has 0 aliphatic heterocycles. The van der Waals surface area contributed by atoms with Gasteiger partial charge in [0.15, 0.2) is 0 Å². The Morgan fingerprint density at radius 3 is 2.94 bits per heavy atom. The number of halogens is 1. The van der Waals surface area contributed by atoms with Crippen LogP contribution in [0.4, 0.5) is 0 Å². The van der Waals surface area contributed by atoms with Gasteiger partial charge < -0.3 is 4.98 Å². The molecule has 0 atom stereocenters. The van der Waals surface area contributed by atoms with E-state index in [4.69, 9.17) is 12.2 Å². The van der Waals surface area contributed by atoms with E-state index in [0.29, 0.717) is 0 Å². The van der Waals surface area contributed by atoms with Crippen molar-refractivity contribution in [2.24, 2.45) is 0 Å². The fourth-order valence-corrected chi connectivity index (χ4v) is 3.39. The number of fused-ring (bicyclic) bond motifs is 1. The number of nitrogens with zero attached hydrogens (tertiary/aromatic N) is 1. The summed E-state index contributed by atoms with van der Waals surface area (Å²) in [6.07, 6.45) is 3.32. The largest absolute Gasteiger partial charge is 0.343 e. The van der Waals surface area contributed by atoms with Crippen LogP contribution in [0.1, 0.15) is 23.2 Å². The van der Waals surface area contributed by atoms with Gasteiger partial charge in [0.1, 0.15) is 10.5 Å². The molecule has 2 aromatic rings. The van der Waals surface area contributed by atoms with Gasteiger partial charge in [-0.05, 0) is 43.9 Å². The Kier molecular flexibility index (Phi) is 3.08. The number of benzene rings is 1. The maximum absolute atomic E-state index is 5.39. The van der Waals surface area contributed by atoms with E-state index in [1.54, 1.807) is 0 Å². The van der Waals surface area contributed by atoms with Crippen LogP contribution in [0.25, 0.3) is 11.4 Å². The molecule has 2 nitrogen and oxygen atoms in total. The molecule has 1 N–H and O–H groups in total. The van der Waals surface area contributed by atoms with Crippen molar-refractivity contribution >= 4 is 28.1 Å². The highest BCUT2D eigenvalue weighted by Gasteiger charge is 2.16. The Balaban J connectivity index is 2.18. The van der Waals surface area contributed by atoms with Crippen molar-refractivity contribution in [2.45, 2.75) is 26.2 Å². The summed E-state index contributed by atoms with van der Waals surface area (Å²) < 4.78 is 1.81. The molecule has 1 aliphatic rings. The Morgan fingerprint density at radius 1 is 1.33 bits per heavy atom. The first-order valence-electron chi connectivity index (χ1n) is 6.04. The van der Waals surface area contributed by atoms with E-state index in [2.05, 4.69) is 51.0 Å². The molecule has 0 unspecified atom stereocenters. The number of H-pyrrole nitrogens is 1. The molecular weight excluding hydrogens is 308 g/mol. The summed E-state index contributed by atoms with van der Waals surface area (Å²) in [5, 5.41) is 0. The zero-order valence-electron chi connectivity index (χ0n) is 10.1. The first kappa shape index (κ1) is 12.1. The van der Waals surface area contributed by atoms with Crippen molar-refractivity contribution in [1.82, 2.24) is 9.97 Å². The van der Waals surface area contributed by atoms with Crippen molar-refractivity contribution in [3.05, 3.63) is 44.1 Å². The maximum Gasteiger partial charge on any atom is 0.140 e. The summed E-state index contributed by atoms with van der Waals surface area (Å²) in [6.45, 7) is 2.08. The summed E-state index contributed by atoms with van der Waals surface area (Å²) in [5.74, 6) is 0.868. The van der Waals surface area contributed by atoms with E-state index in [1.165, 1.54) is 23.2 Å². The predicted molar refractivity (Wildman–Crippen MR) is 79.3 cm³/mol. The van der Waals surface area contributed by atoms with Crippen LogP contribution in [0.5, 0.6) is 0 Å². The third kappa shape index (κ3) is 2.04. The number of aromatic nitrogens is 2. The van der Waals surface area contributed by atoms with Gasteiger partial charge in [-0.15, -0.1) is 0 Å². The summed E-state index contributed by atoms with van der Waals surface area (Å²) >= 11 is 8.98. The predicted octanol–water partition coefficient (Wildman–Crippen LogP) is 4.37. The highest BCUT2D eigenvalue weighted by Crippen LogP contribution is 2.29. The van der Waals surface area contributed by atoms with Crippen molar-refractivity contribution in [1.29, 1.82) is 0 Å². The van der Waals surface area contributed by atoms with Crippen molar-refractivity contribution in [3.63, 3.8) is 0 Å². The maximum atomic E-state index is 5.39. The minimum atomic E-state index is 0.753. The van der Waals surface area contributed by atoms with Crippen LogP contribution in [0.3, 0.4) is 0 Å². The van der Waals surface area contributed by atoms with Gasteiger partial charge >= 0.3 is 0 Å². The molecule has 0 spiro atoms. The number of rotatable bonds is 1. The molecule has 1 aromatic carbocycles. The smallest absolute Gasteiger partial charge is 0.140 e. The highest BCUT2D eigenvalue weighted by molar-refractivity contribution is 9.10. The zero-order chi connectivity index (χ0) is 12.7. The Bertz CT molecular complexity index is 676. The van der Waals surface area contributed by atoms with Gasteiger partial charge in [0.25, 0.3) is 0 Å². The van der Waals surface area contributed by atoms with Gasteiger partial charge in [0, 0.05) is 21.3 Å². The lowest BCUT2D eigenvalue weighted by molar-refractivity contribution is 0.899. The van der Waals surface area contributed by atoms with E-state index < -0.39 is 0 Å². The van der Waals surface area contributed by atoms with Crippen LogP contribution < -0.4 is 0 Å². The third-order valence-electron chi connectivity index (χ3n) is 3.34. The Morgan fingerprint density at radius 2 is 2.17 bits per heavy atom. The van der Waals surface area contributed by atoms with Crippen LogP contribution >= 0.6 is 28.1 Å². The van der Waals surface area contributed by atoms with Gasteiger partial charge in [-0.2, -0.15) is 0 Å². The SMILES string of the molecule is Cc1ccc(-c2nc(=S)c3c([nH]2)CCC3)c(Br)c1. The molecule has 92 valence electrons. The Labute approximate surface area is 120 Å². The van der Waals surface area contributed by atoms with Crippen molar-refractivity contribution in [2.75, 3.05) is 0 Å². The molecule has 0 saturated heterocycles. The molecule has 1 heterocycles. The van der Waals surface area contributed by atoms with Gasteiger partial charge in [-0.25, -0.2) is 4.98 Å². The quantitative estimate of drug-likeness (QED) is 0.790. The van der Waals surface area contributed by atoms with Crippen LogP contribution in [0, 0.1) is 11.6 Å². The van der Waals surface area contributed by atoms with Crippen LogP contribution in [-0.4, -0.2) is 9.97 Å².